The zero-order valence-corrected chi connectivity index (χ0v) is 10.8. The molecule has 0 bridgehead atoms. The molecule has 18 heavy (non-hydrogen) atoms. The average molecular weight is 239 g/mol. The van der Waals surface area contributed by atoms with Crippen molar-refractivity contribution in [2.45, 2.75) is 25.8 Å². The topological polar surface area (TPSA) is 21.6 Å². The van der Waals surface area contributed by atoms with Gasteiger partial charge in [-0.3, -0.25) is 0 Å². The highest BCUT2D eigenvalue weighted by molar-refractivity contribution is 5.90. The fourth-order valence-corrected chi connectivity index (χ4v) is 2.36. The van der Waals surface area contributed by atoms with Crippen molar-refractivity contribution in [3.05, 3.63) is 48.0 Å². The van der Waals surface area contributed by atoms with Gasteiger partial charge in [0.2, 0.25) is 0 Å². The second kappa shape index (κ2) is 4.13. The third-order valence-electron chi connectivity index (χ3n) is 3.24. The lowest BCUT2D eigenvalue weighted by Gasteiger charge is -2.07. The van der Waals surface area contributed by atoms with Crippen molar-refractivity contribution in [3.8, 4) is 0 Å². The van der Waals surface area contributed by atoms with Gasteiger partial charge in [0.25, 0.3) is 0 Å². The van der Waals surface area contributed by atoms with Crippen molar-refractivity contribution in [1.29, 1.82) is 0 Å². The van der Waals surface area contributed by atoms with Crippen LogP contribution >= 0.6 is 0 Å². The van der Waals surface area contributed by atoms with Crippen LogP contribution in [-0.4, -0.2) is 18.0 Å². The molecule has 0 saturated carbocycles. The highest BCUT2D eigenvalue weighted by Gasteiger charge is 2.26. The van der Waals surface area contributed by atoms with Crippen molar-refractivity contribution < 1.29 is 4.74 Å². The van der Waals surface area contributed by atoms with E-state index in [9.17, 15) is 0 Å². The van der Waals surface area contributed by atoms with Gasteiger partial charge in [0.15, 0.2) is 5.90 Å². The number of benzene rings is 2. The molecule has 0 N–H and O–H groups in total. The summed E-state index contributed by atoms with van der Waals surface area (Å²) in [6, 6.07) is 14.8. The van der Waals surface area contributed by atoms with Gasteiger partial charge in [-0.15, -0.1) is 0 Å². The summed E-state index contributed by atoms with van der Waals surface area (Å²) in [7, 11) is 0. The molecule has 0 aromatic heterocycles. The summed E-state index contributed by atoms with van der Waals surface area (Å²) in [5, 5.41) is 2.56. The number of nitrogens with zero attached hydrogens (tertiary/aromatic N) is 1. The Kier molecular flexibility index (Phi) is 2.58. The molecule has 2 nitrogen and oxygen atoms in total. The monoisotopic (exact) mass is 239 g/mol. The first-order valence-corrected chi connectivity index (χ1v) is 6.32. The largest absolute Gasteiger partial charge is 0.478 e. The summed E-state index contributed by atoms with van der Waals surface area (Å²) in [6.45, 7) is 4.89. The van der Waals surface area contributed by atoms with Crippen LogP contribution in [0.5, 0.6) is 0 Å². The summed E-state index contributed by atoms with van der Waals surface area (Å²) >= 11 is 0. The predicted molar refractivity (Wildman–Crippen MR) is 75.1 cm³/mol. The normalized spacial score (nSPS) is 17.6. The van der Waals surface area contributed by atoms with E-state index in [0.717, 1.165) is 12.3 Å². The number of rotatable bonds is 2. The van der Waals surface area contributed by atoms with Crippen molar-refractivity contribution in [2.75, 3.05) is 6.61 Å². The molecule has 1 aliphatic heterocycles. The second-order valence-electron chi connectivity index (χ2n) is 5.42. The van der Waals surface area contributed by atoms with Gasteiger partial charge >= 0.3 is 0 Å². The summed E-state index contributed by atoms with van der Waals surface area (Å²) < 4.78 is 5.67. The Labute approximate surface area is 107 Å². The van der Waals surface area contributed by atoms with Crippen molar-refractivity contribution in [3.63, 3.8) is 0 Å². The highest BCUT2D eigenvalue weighted by Crippen LogP contribution is 2.23. The fourth-order valence-electron chi connectivity index (χ4n) is 2.36. The lowest BCUT2D eigenvalue weighted by atomic mass is 10.0. The molecule has 0 amide bonds. The predicted octanol–water partition coefficient (Wildman–Crippen LogP) is 3.59. The Hall–Kier alpha value is -1.83. The minimum Gasteiger partial charge on any atom is -0.478 e. The minimum absolute atomic E-state index is 0.0695. The van der Waals surface area contributed by atoms with Crippen molar-refractivity contribution in [2.24, 2.45) is 4.99 Å². The summed E-state index contributed by atoms with van der Waals surface area (Å²) in [6.07, 6.45) is 0.783. The van der Waals surface area contributed by atoms with Gasteiger partial charge in [-0.25, -0.2) is 4.99 Å². The number of hydrogen-bond donors (Lipinski definition) is 0. The lowest BCUT2D eigenvalue weighted by Crippen LogP contribution is -2.17. The van der Waals surface area contributed by atoms with Gasteiger partial charge in [0, 0.05) is 6.42 Å². The smallest absolute Gasteiger partial charge is 0.188 e. The van der Waals surface area contributed by atoms with Gasteiger partial charge in [-0.05, 0) is 30.2 Å². The molecule has 0 saturated heterocycles. The standard InChI is InChI=1S/C16H17NO/c1-16(2)11-18-15(17-16)10-13-8-5-7-12-6-3-4-9-14(12)13/h3-9H,10-11H2,1-2H3. The van der Waals surface area contributed by atoms with E-state index in [4.69, 9.17) is 4.74 Å². The van der Waals surface area contributed by atoms with Crippen LogP contribution in [0.4, 0.5) is 0 Å². The summed E-state index contributed by atoms with van der Waals surface area (Å²) in [4.78, 5) is 4.62. The fraction of sp³-hybridized carbons (Fsp3) is 0.312. The molecule has 2 aromatic carbocycles. The van der Waals surface area contributed by atoms with E-state index in [1.807, 2.05) is 0 Å². The quantitative estimate of drug-likeness (QED) is 0.784. The van der Waals surface area contributed by atoms with Gasteiger partial charge in [0.1, 0.15) is 6.61 Å². The zero-order chi connectivity index (χ0) is 12.6. The molecule has 0 fully saturated rings. The SMILES string of the molecule is CC1(C)COC(Cc2cccc3ccccc23)=N1. The Morgan fingerprint density at radius 1 is 1.11 bits per heavy atom. The first kappa shape index (κ1) is 11.3. The molecule has 2 aromatic rings. The molecular formula is C16H17NO. The molecule has 2 heteroatoms. The van der Waals surface area contributed by atoms with Crippen LogP contribution in [0.15, 0.2) is 47.5 Å². The Balaban J connectivity index is 1.96. The van der Waals surface area contributed by atoms with Crippen LogP contribution < -0.4 is 0 Å². The van der Waals surface area contributed by atoms with E-state index >= 15 is 0 Å². The summed E-state index contributed by atoms with van der Waals surface area (Å²) in [5.74, 6) is 0.858. The molecule has 0 unspecified atom stereocenters. The molecule has 3 rings (SSSR count). The van der Waals surface area contributed by atoms with Crippen molar-refractivity contribution in [1.82, 2.24) is 0 Å². The first-order valence-electron chi connectivity index (χ1n) is 6.32. The number of hydrogen-bond acceptors (Lipinski definition) is 2. The van der Waals surface area contributed by atoms with Gasteiger partial charge in [-0.2, -0.15) is 0 Å². The van der Waals surface area contributed by atoms with Crippen LogP contribution in [0.1, 0.15) is 19.4 Å². The molecule has 0 radical (unpaired) electrons. The second-order valence-corrected chi connectivity index (χ2v) is 5.42. The number of ether oxygens (including phenoxy) is 1. The summed E-state index contributed by atoms with van der Waals surface area (Å²) in [5.41, 5.74) is 1.21. The van der Waals surface area contributed by atoms with E-state index in [1.165, 1.54) is 16.3 Å². The van der Waals surface area contributed by atoms with Gasteiger partial charge < -0.3 is 4.74 Å². The maximum Gasteiger partial charge on any atom is 0.188 e. The van der Waals surface area contributed by atoms with Crippen LogP contribution in [0.3, 0.4) is 0 Å². The molecule has 1 aliphatic rings. The third kappa shape index (κ3) is 2.10. The zero-order valence-electron chi connectivity index (χ0n) is 10.8. The lowest BCUT2D eigenvalue weighted by molar-refractivity contribution is 0.275. The maximum absolute atomic E-state index is 5.67. The Morgan fingerprint density at radius 2 is 1.89 bits per heavy atom. The Bertz CT molecular complexity index is 608. The van der Waals surface area contributed by atoms with Crippen LogP contribution in [-0.2, 0) is 11.2 Å². The number of fused-ring (bicyclic) bond motifs is 1. The maximum atomic E-state index is 5.67. The van der Waals surface area contributed by atoms with Crippen molar-refractivity contribution >= 4 is 16.7 Å². The third-order valence-corrected chi connectivity index (χ3v) is 3.24. The molecule has 0 aliphatic carbocycles. The van der Waals surface area contributed by atoms with E-state index in [1.54, 1.807) is 0 Å². The van der Waals surface area contributed by atoms with Crippen LogP contribution in [0, 0.1) is 0 Å². The molecule has 0 spiro atoms. The molecular weight excluding hydrogens is 222 g/mol. The van der Waals surface area contributed by atoms with E-state index in [0.29, 0.717) is 6.61 Å². The Morgan fingerprint density at radius 3 is 2.67 bits per heavy atom. The van der Waals surface area contributed by atoms with Crippen LogP contribution in [0.2, 0.25) is 0 Å². The molecule has 1 heterocycles. The van der Waals surface area contributed by atoms with E-state index in [-0.39, 0.29) is 5.54 Å². The average Bonchev–Trinajstić information content (AvgIpc) is 2.69. The van der Waals surface area contributed by atoms with Gasteiger partial charge in [-0.1, -0.05) is 42.5 Å². The minimum atomic E-state index is -0.0695. The van der Waals surface area contributed by atoms with E-state index < -0.39 is 0 Å². The first-order chi connectivity index (χ1) is 8.64. The number of aliphatic imine (C=N–C) groups is 1. The van der Waals surface area contributed by atoms with Gasteiger partial charge in [0.05, 0.1) is 5.54 Å². The highest BCUT2D eigenvalue weighted by atomic mass is 16.5. The van der Waals surface area contributed by atoms with E-state index in [2.05, 4.69) is 61.3 Å². The molecule has 0 atom stereocenters. The molecule has 92 valence electrons. The van der Waals surface area contributed by atoms with Crippen LogP contribution in [0.25, 0.3) is 10.8 Å².